The van der Waals surface area contributed by atoms with Crippen LogP contribution < -0.4 is 4.74 Å². The van der Waals surface area contributed by atoms with Crippen molar-refractivity contribution in [1.82, 2.24) is 9.55 Å². The van der Waals surface area contributed by atoms with E-state index in [-0.39, 0.29) is 5.82 Å². The number of carboxylic acids is 1. The fourth-order valence-electron chi connectivity index (χ4n) is 2.87. The van der Waals surface area contributed by atoms with E-state index in [1.54, 1.807) is 4.57 Å². The number of aromatic carboxylic acids is 1. The van der Waals surface area contributed by atoms with Crippen LogP contribution in [-0.2, 0) is 6.54 Å². The summed E-state index contributed by atoms with van der Waals surface area (Å²) in [6, 6.07) is 11.2. The molecule has 0 fully saturated rings. The van der Waals surface area contributed by atoms with Crippen LogP contribution in [-0.4, -0.2) is 27.2 Å². The third-order valence-electron chi connectivity index (χ3n) is 4.05. The van der Waals surface area contributed by atoms with Crippen LogP contribution in [0.3, 0.4) is 0 Å². The van der Waals surface area contributed by atoms with Crippen LogP contribution in [0, 0.1) is 13.8 Å². The van der Waals surface area contributed by atoms with Crippen molar-refractivity contribution in [3.05, 3.63) is 58.4 Å². The van der Waals surface area contributed by atoms with E-state index in [2.05, 4.69) is 4.98 Å². The number of nitrogens with zero attached hydrogens (tertiary/aromatic N) is 2. The number of benzene rings is 2. The van der Waals surface area contributed by atoms with Gasteiger partial charge in [-0.05, 0) is 55.7 Å². The molecule has 1 N–H and O–H groups in total. The number of ether oxygens (including phenoxy) is 1. The summed E-state index contributed by atoms with van der Waals surface area (Å²) >= 11 is 6.16. The van der Waals surface area contributed by atoms with Crippen molar-refractivity contribution >= 4 is 28.6 Å². The van der Waals surface area contributed by atoms with Gasteiger partial charge in [0.05, 0.1) is 17.6 Å². The maximum absolute atomic E-state index is 11.4. The average molecular weight is 359 g/mol. The molecule has 0 saturated heterocycles. The number of halogens is 1. The number of hydrogen-bond donors (Lipinski definition) is 1. The predicted molar refractivity (Wildman–Crippen MR) is 97.7 cm³/mol. The summed E-state index contributed by atoms with van der Waals surface area (Å²) < 4.78 is 7.52. The number of fused-ring (bicyclic) bond motifs is 1. The number of carbonyl (C=O) groups is 1. The van der Waals surface area contributed by atoms with Crippen molar-refractivity contribution in [3.8, 4) is 5.75 Å². The van der Waals surface area contributed by atoms with Crippen LogP contribution in [0.5, 0.6) is 5.75 Å². The van der Waals surface area contributed by atoms with Gasteiger partial charge in [0, 0.05) is 11.6 Å². The zero-order valence-electron chi connectivity index (χ0n) is 14.1. The maximum Gasteiger partial charge on any atom is 0.372 e. The maximum atomic E-state index is 11.4. The fourth-order valence-corrected chi connectivity index (χ4v) is 2.98. The van der Waals surface area contributed by atoms with Crippen LogP contribution in [0.2, 0.25) is 5.02 Å². The molecule has 3 aromatic rings. The molecule has 0 aliphatic carbocycles. The molecule has 0 atom stereocenters. The van der Waals surface area contributed by atoms with Gasteiger partial charge < -0.3 is 14.4 Å². The zero-order valence-corrected chi connectivity index (χ0v) is 14.9. The van der Waals surface area contributed by atoms with Gasteiger partial charge in [0.15, 0.2) is 0 Å². The van der Waals surface area contributed by atoms with Crippen molar-refractivity contribution in [3.63, 3.8) is 0 Å². The fraction of sp³-hybridized carbons (Fsp3) is 0.263. The first-order valence-corrected chi connectivity index (χ1v) is 8.43. The van der Waals surface area contributed by atoms with Crippen molar-refractivity contribution < 1.29 is 14.6 Å². The third-order valence-corrected chi connectivity index (χ3v) is 4.65. The molecule has 25 heavy (non-hydrogen) atoms. The molecule has 0 aliphatic heterocycles. The number of rotatable bonds is 6. The summed E-state index contributed by atoms with van der Waals surface area (Å²) in [7, 11) is 0. The van der Waals surface area contributed by atoms with Gasteiger partial charge in [-0.15, -0.1) is 0 Å². The minimum atomic E-state index is -1.03. The number of aryl methyl sites for hydroxylation is 3. The minimum absolute atomic E-state index is 0.0550. The normalized spacial score (nSPS) is 11.0. The second-order valence-electron chi connectivity index (χ2n) is 5.95. The van der Waals surface area contributed by atoms with Crippen LogP contribution in [0.4, 0.5) is 0 Å². The van der Waals surface area contributed by atoms with Gasteiger partial charge in [-0.3, -0.25) is 0 Å². The molecule has 6 heteroatoms. The Morgan fingerprint density at radius 2 is 1.92 bits per heavy atom. The third kappa shape index (κ3) is 3.61. The number of aromatic nitrogens is 2. The summed E-state index contributed by atoms with van der Waals surface area (Å²) in [6.45, 7) is 4.89. The highest BCUT2D eigenvalue weighted by atomic mass is 35.5. The number of carboxylic acid groups (broad SMARTS) is 1. The monoisotopic (exact) mass is 358 g/mol. The first-order chi connectivity index (χ1) is 12.0. The summed E-state index contributed by atoms with van der Waals surface area (Å²) in [5.74, 6) is -0.200. The molecular weight excluding hydrogens is 340 g/mol. The van der Waals surface area contributed by atoms with E-state index in [0.717, 1.165) is 27.4 Å². The van der Waals surface area contributed by atoms with Gasteiger partial charge in [-0.25, -0.2) is 9.78 Å². The highest BCUT2D eigenvalue weighted by Crippen LogP contribution is 2.26. The summed E-state index contributed by atoms with van der Waals surface area (Å²) in [6.07, 6.45) is 0.668. The Hall–Kier alpha value is -2.53. The van der Waals surface area contributed by atoms with Crippen molar-refractivity contribution in [1.29, 1.82) is 0 Å². The average Bonchev–Trinajstić information content (AvgIpc) is 2.95. The highest BCUT2D eigenvalue weighted by molar-refractivity contribution is 6.32. The molecule has 0 radical (unpaired) electrons. The Morgan fingerprint density at radius 1 is 1.24 bits per heavy atom. The molecule has 5 nitrogen and oxygen atoms in total. The summed E-state index contributed by atoms with van der Waals surface area (Å²) in [5.41, 5.74) is 3.46. The van der Waals surface area contributed by atoms with Gasteiger partial charge in [-0.1, -0.05) is 23.7 Å². The second kappa shape index (κ2) is 7.15. The number of imidazole rings is 1. The van der Waals surface area contributed by atoms with E-state index in [0.29, 0.717) is 25.1 Å². The number of hydrogen-bond acceptors (Lipinski definition) is 3. The molecule has 0 amide bonds. The van der Waals surface area contributed by atoms with Crippen LogP contribution in [0.1, 0.15) is 28.2 Å². The topological polar surface area (TPSA) is 64.3 Å². The lowest BCUT2D eigenvalue weighted by Crippen LogP contribution is -2.12. The lowest BCUT2D eigenvalue weighted by molar-refractivity contribution is 0.0678. The highest BCUT2D eigenvalue weighted by Gasteiger charge is 2.16. The molecule has 0 bridgehead atoms. The van der Waals surface area contributed by atoms with Crippen molar-refractivity contribution in [2.75, 3.05) is 6.61 Å². The zero-order chi connectivity index (χ0) is 18.0. The van der Waals surface area contributed by atoms with Gasteiger partial charge in [0.2, 0.25) is 5.82 Å². The Morgan fingerprint density at radius 3 is 2.60 bits per heavy atom. The first-order valence-electron chi connectivity index (χ1n) is 8.05. The molecule has 0 spiro atoms. The molecule has 2 aromatic carbocycles. The molecule has 0 saturated carbocycles. The van der Waals surface area contributed by atoms with E-state index in [1.807, 2.05) is 50.2 Å². The Bertz CT molecular complexity index is 911. The van der Waals surface area contributed by atoms with E-state index in [1.165, 1.54) is 0 Å². The van der Waals surface area contributed by atoms with Crippen molar-refractivity contribution in [2.24, 2.45) is 0 Å². The van der Waals surface area contributed by atoms with Crippen LogP contribution >= 0.6 is 11.6 Å². The Kier molecular flexibility index (Phi) is 4.95. The first kappa shape index (κ1) is 17.3. The predicted octanol–water partition coefficient (Wildman–Crippen LogP) is 4.47. The second-order valence-corrected chi connectivity index (χ2v) is 6.33. The van der Waals surface area contributed by atoms with Crippen molar-refractivity contribution in [2.45, 2.75) is 26.8 Å². The summed E-state index contributed by atoms with van der Waals surface area (Å²) in [4.78, 5) is 15.6. The minimum Gasteiger partial charge on any atom is -0.494 e. The van der Waals surface area contributed by atoms with Gasteiger partial charge in [0.1, 0.15) is 5.75 Å². The van der Waals surface area contributed by atoms with E-state index < -0.39 is 5.97 Å². The molecule has 0 unspecified atom stereocenters. The van der Waals surface area contributed by atoms with E-state index in [4.69, 9.17) is 16.3 Å². The quantitative estimate of drug-likeness (QED) is 0.660. The van der Waals surface area contributed by atoms with Gasteiger partial charge in [0.25, 0.3) is 0 Å². The molecule has 3 rings (SSSR count). The van der Waals surface area contributed by atoms with Crippen LogP contribution in [0.15, 0.2) is 36.4 Å². The summed E-state index contributed by atoms with van der Waals surface area (Å²) in [5, 5.41) is 10.1. The van der Waals surface area contributed by atoms with Gasteiger partial charge in [-0.2, -0.15) is 0 Å². The number of para-hydroxylation sites is 2. The van der Waals surface area contributed by atoms with E-state index in [9.17, 15) is 9.90 Å². The lowest BCUT2D eigenvalue weighted by Gasteiger charge is -2.11. The molecular formula is C19H19ClN2O3. The van der Waals surface area contributed by atoms with Crippen LogP contribution in [0.25, 0.3) is 11.0 Å². The largest absolute Gasteiger partial charge is 0.494 e. The molecule has 1 aromatic heterocycles. The Labute approximate surface area is 150 Å². The molecule has 1 heterocycles. The smallest absolute Gasteiger partial charge is 0.372 e. The lowest BCUT2D eigenvalue weighted by atomic mass is 10.1. The van der Waals surface area contributed by atoms with Gasteiger partial charge >= 0.3 is 5.97 Å². The Balaban J connectivity index is 1.69. The molecule has 130 valence electrons. The standard InChI is InChI=1S/C19H19ClN2O3/c1-12-10-14(11-13(2)17(12)20)25-9-5-8-22-16-7-4-3-6-15(16)21-18(22)19(23)24/h3-4,6-7,10-11H,5,8-9H2,1-2H3,(H,23,24). The molecule has 0 aliphatic rings. The SMILES string of the molecule is Cc1cc(OCCCn2c(C(=O)O)nc3ccccc32)cc(C)c1Cl. The van der Waals surface area contributed by atoms with E-state index >= 15 is 0 Å².